The Balaban J connectivity index is 1.32. The summed E-state index contributed by atoms with van der Waals surface area (Å²) in [5.41, 5.74) is 3.77. The Morgan fingerprint density at radius 1 is 1.31 bits per heavy atom. The molecule has 26 heavy (non-hydrogen) atoms. The number of amides is 1. The molecule has 2 aromatic rings. The Hall–Kier alpha value is -2.18. The van der Waals surface area contributed by atoms with E-state index in [0.717, 1.165) is 50.2 Å². The van der Waals surface area contributed by atoms with E-state index in [1.807, 2.05) is 31.2 Å². The largest absolute Gasteiger partial charge is 0.376 e. The zero-order chi connectivity index (χ0) is 18.0. The summed E-state index contributed by atoms with van der Waals surface area (Å²) in [5, 5.41) is 13.5. The molecule has 1 atom stereocenters. The van der Waals surface area contributed by atoms with E-state index in [1.165, 1.54) is 5.56 Å². The van der Waals surface area contributed by atoms with Crippen molar-refractivity contribution in [1.29, 1.82) is 0 Å². The number of hydrogen-bond donors (Lipinski definition) is 3. The third-order valence-electron chi connectivity index (χ3n) is 5.61. The second-order valence-electron chi connectivity index (χ2n) is 7.63. The van der Waals surface area contributed by atoms with Crippen molar-refractivity contribution in [2.24, 2.45) is 5.41 Å². The SMILES string of the molecule is Cc1ccc(-c2cc(C(=O)NCC3CC4(CCNCC4)CO3)[nH]n2)cc1. The smallest absolute Gasteiger partial charge is 0.269 e. The Morgan fingerprint density at radius 2 is 2.08 bits per heavy atom. The fourth-order valence-corrected chi connectivity index (χ4v) is 3.94. The number of rotatable bonds is 4. The molecule has 0 aliphatic carbocycles. The fraction of sp³-hybridized carbons (Fsp3) is 0.500. The number of aromatic nitrogens is 2. The number of nitrogens with zero attached hydrogens (tertiary/aromatic N) is 1. The summed E-state index contributed by atoms with van der Waals surface area (Å²) < 4.78 is 5.95. The molecule has 4 rings (SSSR count). The summed E-state index contributed by atoms with van der Waals surface area (Å²) in [4.78, 5) is 12.4. The number of carbonyl (C=O) groups is 1. The number of aromatic amines is 1. The Bertz CT molecular complexity index is 762. The van der Waals surface area contributed by atoms with Crippen LogP contribution < -0.4 is 10.6 Å². The number of nitrogens with one attached hydrogen (secondary N) is 3. The van der Waals surface area contributed by atoms with Crippen LogP contribution >= 0.6 is 0 Å². The summed E-state index contributed by atoms with van der Waals surface area (Å²) in [5.74, 6) is -0.134. The molecule has 0 radical (unpaired) electrons. The first-order chi connectivity index (χ1) is 12.6. The van der Waals surface area contributed by atoms with E-state index in [-0.39, 0.29) is 12.0 Å². The third-order valence-corrected chi connectivity index (χ3v) is 5.61. The van der Waals surface area contributed by atoms with Crippen molar-refractivity contribution < 1.29 is 9.53 Å². The molecular weight excluding hydrogens is 328 g/mol. The lowest BCUT2D eigenvalue weighted by Gasteiger charge is -2.32. The van der Waals surface area contributed by atoms with Crippen LogP contribution in [0.15, 0.2) is 30.3 Å². The molecule has 6 heteroatoms. The van der Waals surface area contributed by atoms with Crippen LogP contribution in [0.4, 0.5) is 0 Å². The number of H-pyrrole nitrogens is 1. The van der Waals surface area contributed by atoms with Gasteiger partial charge >= 0.3 is 0 Å². The van der Waals surface area contributed by atoms with Gasteiger partial charge in [0, 0.05) is 12.1 Å². The maximum atomic E-state index is 12.4. The third kappa shape index (κ3) is 3.66. The predicted octanol–water partition coefficient (Wildman–Crippen LogP) is 2.27. The van der Waals surface area contributed by atoms with Gasteiger partial charge in [0.15, 0.2) is 0 Å². The van der Waals surface area contributed by atoms with Gasteiger partial charge in [-0.25, -0.2) is 0 Å². The molecule has 2 fully saturated rings. The first-order valence-corrected chi connectivity index (χ1v) is 9.37. The molecule has 2 aliphatic rings. The molecule has 1 spiro atoms. The average Bonchev–Trinajstić information content (AvgIpc) is 3.29. The van der Waals surface area contributed by atoms with Crippen LogP contribution in [0.5, 0.6) is 0 Å². The van der Waals surface area contributed by atoms with Crippen LogP contribution in [0.1, 0.15) is 35.3 Å². The molecule has 6 nitrogen and oxygen atoms in total. The van der Waals surface area contributed by atoms with Gasteiger partial charge < -0.3 is 15.4 Å². The molecule has 3 N–H and O–H groups in total. The number of carbonyl (C=O) groups excluding carboxylic acids is 1. The van der Waals surface area contributed by atoms with Crippen molar-refractivity contribution in [1.82, 2.24) is 20.8 Å². The van der Waals surface area contributed by atoms with Crippen molar-refractivity contribution in [3.05, 3.63) is 41.6 Å². The van der Waals surface area contributed by atoms with Crippen molar-refractivity contribution in [2.45, 2.75) is 32.3 Å². The lowest BCUT2D eigenvalue weighted by Crippen LogP contribution is -2.38. The van der Waals surface area contributed by atoms with Gasteiger partial charge in [-0.3, -0.25) is 9.89 Å². The summed E-state index contributed by atoms with van der Waals surface area (Å²) in [6.45, 7) is 5.55. The highest BCUT2D eigenvalue weighted by molar-refractivity contribution is 5.93. The number of piperidine rings is 1. The topological polar surface area (TPSA) is 79.0 Å². The van der Waals surface area contributed by atoms with E-state index < -0.39 is 0 Å². The zero-order valence-corrected chi connectivity index (χ0v) is 15.2. The van der Waals surface area contributed by atoms with Crippen molar-refractivity contribution in [3.8, 4) is 11.3 Å². The Morgan fingerprint density at radius 3 is 2.85 bits per heavy atom. The maximum Gasteiger partial charge on any atom is 0.269 e. The Labute approximate surface area is 153 Å². The van der Waals surface area contributed by atoms with Gasteiger partial charge in [-0.15, -0.1) is 0 Å². The quantitative estimate of drug-likeness (QED) is 0.787. The van der Waals surface area contributed by atoms with Gasteiger partial charge in [0.05, 0.1) is 18.4 Å². The van der Waals surface area contributed by atoms with Gasteiger partial charge in [0.2, 0.25) is 0 Å². The first-order valence-electron chi connectivity index (χ1n) is 9.37. The molecule has 1 aromatic heterocycles. The van der Waals surface area contributed by atoms with E-state index in [4.69, 9.17) is 4.74 Å². The molecular formula is C20H26N4O2. The lowest BCUT2D eigenvalue weighted by atomic mass is 9.77. The van der Waals surface area contributed by atoms with E-state index in [1.54, 1.807) is 6.07 Å². The number of benzene rings is 1. The predicted molar refractivity (Wildman–Crippen MR) is 100.0 cm³/mol. The number of ether oxygens (including phenoxy) is 1. The molecule has 138 valence electrons. The minimum Gasteiger partial charge on any atom is -0.376 e. The molecule has 2 saturated heterocycles. The average molecular weight is 354 g/mol. The molecule has 0 bridgehead atoms. The van der Waals surface area contributed by atoms with Gasteiger partial charge in [0.1, 0.15) is 5.69 Å². The maximum absolute atomic E-state index is 12.4. The molecule has 3 heterocycles. The van der Waals surface area contributed by atoms with Gasteiger partial charge in [-0.05, 0) is 50.8 Å². The molecule has 1 unspecified atom stereocenters. The van der Waals surface area contributed by atoms with Crippen LogP contribution in [0.2, 0.25) is 0 Å². The summed E-state index contributed by atoms with van der Waals surface area (Å²) in [6, 6.07) is 9.90. The van der Waals surface area contributed by atoms with E-state index in [9.17, 15) is 4.79 Å². The van der Waals surface area contributed by atoms with E-state index >= 15 is 0 Å². The van der Waals surface area contributed by atoms with Crippen LogP contribution in [-0.2, 0) is 4.74 Å². The van der Waals surface area contributed by atoms with Crippen LogP contribution in [0, 0.1) is 12.3 Å². The molecule has 0 saturated carbocycles. The van der Waals surface area contributed by atoms with Crippen molar-refractivity contribution in [3.63, 3.8) is 0 Å². The highest BCUT2D eigenvalue weighted by Crippen LogP contribution is 2.40. The zero-order valence-electron chi connectivity index (χ0n) is 15.2. The summed E-state index contributed by atoms with van der Waals surface area (Å²) in [7, 11) is 0. The van der Waals surface area contributed by atoms with E-state index in [2.05, 4.69) is 20.8 Å². The minimum atomic E-state index is -0.134. The summed E-state index contributed by atoms with van der Waals surface area (Å²) >= 11 is 0. The first kappa shape index (κ1) is 17.2. The highest BCUT2D eigenvalue weighted by atomic mass is 16.5. The van der Waals surface area contributed by atoms with Gasteiger partial charge in [-0.2, -0.15) is 5.10 Å². The summed E-state index contributed by atoms with van der Waals surface area (Å²) in [6.07, 6.45) is 3.47. The lowest BCUT2D eigenvalue weighted by molar-refractivity contribution is 0.0779. The highest BCUT2D eigenvalue weighted by Gasteiger charge is 2.40. The van der Waals surface area contributed by atoms with Crippen LogP contribution in [0.25, 0.3) is 11.3 Å². The second kappa shape index (κ2) is 7.21. The van der Waals surface area contributed by atoms with Crippen LogP contribution in [-0.4, -0.2) is 48.4 Å². The molecule has 1 aromatic carbocycles. The normalized spacial score (nSPS) is 21.8. The fourth-order valence-electron chi connectivity index (χ4n) is 3.94. The monoisotopic (exact) mass is 354 g/mol. The van der Waals surface area contributed by atoms with Gasteiger partial charge in [0.25, 0.3) is 5.91 Å². The molecule has 1 amide bonds. The number of aryl methyl sites for hydroxylation is 1. The second-order valence-corrected chi connectivity index (χ2v) is 7.63. The number of hydrogen-bond acceptors (Lipinski definition) is 4. The molecule has 2 aliphatic heterocycles. The Kier molecular flexibility index (Phi) is 4.78. The standard InChI is InChI=1S/C20H26N4O2/c1-14-2-4-15(5-3-14)17-10-18(24-23-17)19(25)22-12-16-11-20(13-26-16)6-8-21-9-7-20/h2-5,10,16,21H,6-9,11-13H2,1H3,(H,22,25)(H,23,24). The van der Waals surface area contributed by atoms with E-state index in [0.29, 0.717) is 17.7 Å². The van der Waals surface area contributed by atoms with Crippen LogP contribution in [0.3, 0.4) is 0 Å². The minimum absolute atomic E-state index is 0.108. The van der Waals surface area contributed by atoms with Gasteiger partial charge in [-0.1, -0.05) is 29.8 Å². The van der Waals surface area contributed by atoms with Crippen molar-refractivity contribution in [2.75, 3.05) is 26.2 Å². The van der Waals surface area contributed by atoms with Crippen molar-refractivity contribution >= 4 is 5.91 Å².